The highest BCUT2D eigenvalue weighted by atomic mass is 32.1. The first-order valence-corrected chi connectivity index (χ1v) is 9.44. The molecule has 0 spiro atoms. The molecule has 1 fully saturated rings. The molecule has 7 nitrogen and oxygen atoms in total. The van der Waals surface area contributed by atoms with Gasteiger partial charge in [0.25, 0.3) is 0 Å². The molecular weight excluding hydrogens is 336 g/mol. The molecule has 1 aliphatic rings. The maximum Gasteiger partial charge on any atom is 0.194 e. The topological polar surface area (TPSA) is 67.6 Å². The minimum Gasteiger partial charge on any atom is -0.370 e. The maximum absolute atomic E-state index is 5.93. The van der Waals surface area contributed by atoms with E-state index in [1.54, 1.807) is 11.3 Å². The Kier molecular flexibility index (Phi) is 5.70. The van der Waals surface area contributed by atoms with E-state index in [-0.39, 0.29) is 6.10 Å². The second-order valence-electron chi connectivity index (χ2n) is 6.17. The summed E-state index contributed by atoms with van der Waals surface area (Å²) in [6.07, 6.45) is 3.91. The van der Waals surface area contributed by atoms with Gasteiger partial charge in [0, 0.05) is 36.8 Å². The van der Waals surface area contributed by atoms with Crippen LogP contribution in [0, 0.1) is 13.8 Å². The summed E-state index contributed by atoms with van der Waals surface area (Å²) in [7, 11) is 1.92. The minimum absolute atomic E-state index is 0.0238. The quantitative estimate of drug-likeness (QED) is 0.666. The van der Waals surface area contributed by atoms with Gasteiger partial charge in [-0.1, -0.05) is 0 Å². The Hall–Kier alpha value is -1.93. The molecule has 8 heteroatoms. The van der Waals surface area contributed by atoms with Crippen LogP contribution in [0.3, 0.4) is 0 Å². The minimum atomic E-state index is 0.0238. The van der Waals surface area contributed by atoms with E-state index >= 15 is 0 Å². The highest BCUT2D eigenvalue weighted by Crippen LogP contribution is 2.22. The van der Waals surface area contributed by atoms with Crippen molar-refractivity contribution in [2.75, 3.05) is 26.2 Å². The van der Waals surface area contributed by atoms with Gasteiger partial charge in [0.15, 0.2) is 5.96 Å². The largest absolute Gasteiger partial charge is 0.370 e. The van der Waals surface area contributed by atoms with Crippen molar-refractivity contribution in [3.05, 3.63) is 33.5 Å². The van der Waals surface area contributed by atoms with Crippen molar-refractivity contribution < 1.29 is 4.74 Å². The smallest absolute Gasteiger partial charge is 0.194 e. The number of hydrogen-bond donors (Lipinski definition) is 1. The number of aliphatic imine (C=N–C) groups is 1. The second-order valence-corrected chi connectivity index (χ2v) is 7.46. The van der Waals surface area contributed by atoms with Gasteiger partial charge in [0.1, 0.15) is 11.1 Å². The zero-order chi connectivity index (χ0) is 17.8. The Bertz CT molecular complexity index is 718. The van der Waals surface area contributed by atoms with Crippen LogP contribution in [0.5, 0.6) is 0 Å². The third-order valence-corrected chi connectivity index (χ3v) is 5.29. The van der Waals surface area contributed by atoms with Gasteiger partial charge in [0.05, 0.1) is 31.6 Å². The molecule has 1 unspecified atom stereocenters. The zero-order valence-electron chi connectivity index (χ0n) is 15.3. The van der Waals surface area contributed by atoms with Gasteiger partial charge in [-0.25, -0.2) is 9.98 Å². The molecule has 0 saturated carbocycles. The van der Waals surface area contributed by atoms with E-state index in [1.807, 2.05) is 31.0 Å². The van der Waals surface area contributed by atoms with E-state index in [9.17, 15) is 0 Å². The number of nitrogens with zero attached hydrogens (tertiary/aromatic N) is 5. The first-order chi connectivity index (χ1) is 12.1. The Morgan fingerprint density at radius 3 is 2.96 bits per heavy atom. The number of guanidine groups is 1. The van der Waals surface area contributed by atoms with Crippen LogP contribution in [0.1, 0.15) is 34.2 Å². The number of thiazole rings is 1. The standard InChI is InChI=1S/C17H26N6OS/c1-5-18-17(19-9-16-21-12(2)13(3)25-16)23-6-7-24-15(11-23)14-8-20-22(4)10-14/h8,10,15H,5-7,9,11H2,1-4H3,(H,18,19). The molecule has 0 radical (unpaired) electrons. The summed E-state index contributed by atoms with van der Waals surface area (Å²) in [4.78, 5) is 12.9. The molecule has 1 aliphatic heterocycles. The molecule has 0 aromatic carbocycles. The molecule has 2 aromatic heterocycles. The van der Waals surface area contributed by atoms with E-state index in [4.69, 9.17) is 9.73 Å². The van der Waals surface area contributed by atoms with Crippen LogP contribution in [-0.4, -0.2) is 51.9 Å². The normalized spacial score (nSPS) is 18.6. The Balaban J connectivity index is 1.71. The third-order valence-electron chi connectivity index (χ3n) is 4.23. The number of ether oxygens (including phenoxy) is 1. The summed E-state index contributed by atoms with van der Waals surface area (Å²) in [5.41, 5.74) is 2.21. The van der Waals surface area contributed by atoms with Gasteiger partial charge < -0.3 is 15.0 Å². The summed E-state index contributed by atoms with van der Waals surface area (Å²) in [5.74, 6) is 0.921. The van der Waals surface area contributed by atoms with E-state index in [1.165, 1.54) is 4.88 Å². The van der Waals surface area contributed by atoms with Crippen LogP contribution in [0.4, 0.5) is 0 Å². The lowest BCUT2D eigenvalue weighted by Crippen LogP contribution is -2.48. The monoisotopic (exact) mass is 362 g/mol. The first-order valence-electron chi connectivity index (χ1n) is 8.63. The van der Waals surface area contributed by atoms with Gasteiger partial charge in [-0.2, -0.15) is 5.10 Å². The second kappa shape index (κ2) is 7.97. The van der Waals surface area contributed by atoms with Gasteiger partial charge in [-0.05, 0) is 20.8 Å². The van der Waals surface area contributed by atoms with Crippen molar-refractivity contribution in [3.63, 3.8) is 0 Å². The molecule has 1 atom stereocenters. The van der Waals surface area contributed by atoms with Crippen LogP contribution in [-0.2, 0) is 18.3 Å². The summed E-state index contributed by atoms with van der Waals surface area (Å²) < 4.78 is 7.74. The van der Waals surface area contributed by atoms with Crippen LogP contribution in [0.25, 0.3) is 0 Å². The van der Waals surface area contributed by atoms with E-state index in [0.29, 0.717) is 13.2 Å². The van der Waals surface area contributed by atoms with E-state index < -0.39 is 0 Å². The molecule has 2 aromatic rings. The number of aryl methyl sites for hydroxylation is 3. The van der Waals surface area contributed by atoms with E-state index in [0.717, 1.165) is 41.9 Å². The van der Waals surface area contributed by atoms with Crippen molar-refractivity contribution >= 4 is 17.3 Å². The molecule has 0 amide bonds. The fourth-order valence-corrected chi connectivity index (χ4v) is 3.68. The molecule has 25 heavy (non-hydrogen) atoms. The third kappa shape index (κ3) is 4.38. The molecule has 3 heterocycles. The van der Waals surface area contributed by atoms with Crippen LogP contribution >= 0.6 is 11.3 Å². The van der Waals surface area contributed by atoms with Gasteiger partial charge in [-0.3, -0.25) is 4.68 Å². The van der Waals surface area contributed by atoms with E-state index in [2.05, 4.69) is 34.1 Å². The van der Waals surface area contributed by atoms with Crippen molar-refractivity contribution in [1.82, 2.24) is 25.0 Å². The zero-order valence-corrected chi connectivity index (χ0v) is 16.1. The molecule has 3 rings (SSSR count). The van der Waals surface area contributed by atoms with Crippen LogP contribution < -0.4 is 5.32 Å². The number of morpholine rings is 1. The highest BCUT2D eigenvalue weighted by Gasteiger charge is 2.25. The van der Waals surface area contributed by atoms with Crippen LogP contribution in [0.15, 0.2) is 17.4 Å². The summed E-state index contributed by atoms with van der Waals surface area (Å²) >= 11 is 1.72. The highest BCUT2D eigenvalue weighted by molar-refractivity contribution is 7.11. The summed E-state index contributed by atoms with van der Waals surface area (Å²) in [5, 5.41) is 8.71. The fraction of sp³-hybridized carbons (Fsp3) is 0.588. The molecular formula is C17H26N6OS. The molecule has 0 aliphatic carbocycles. The Labute approximate surface area is 152 Å². The molecule has 1 N–H and O–H groups in total. The lowest BCUT2D eigenvalue weighted by molar-refractivity contribution is -0.00805. The van der Waals surface area contributed by atoms with Crippen molar-refractivity contribution in [2.24, 2.45) is 12.0 Å². The number of nitrogens with one attached hydrogen (secondary N) is 1. The van der Waals surface area contributed by atoms with Crippen molar-refractivity contribution in [2.45, 2.75) is 33.4 Å². The summed E-state index contributed by atoms with van der Waals surface area (Å²) in [6.45, 7) is 9.97. The predicted molar refractivity (Wildman–Crippen MR) is 99.9 cm³/mol. The lowest BCUT2D eigenvalue weighted by Gasteiger charge is -2.34. The van der Waals surface area contributed by atoms with Crippen LogP contribution in [0.2, 0.25) is 0 Å². The van der Waals surface area contributed by atoms with Gasteiger partial charge in [-0.15, -0.1) is 11.3 Å². The number of aromatic nitrogens is 3. The maximum atomic E-state index is 5.93. The van der Waals surface area contributed by atoms with Gasteiger partial charge in [0.2, 0.25) is 0 Å². The SMILES string of the molecule is CCNC(=NCc1nc(C)c(C)s1)N1CCOC(c2cnn(C)c2)C1. The number of hydrogen-bond acceptors (Lipinski definition) is 5. The molecule has 0 bridgehead atoms. The Morgan fingerprint density at radius 2 is 2.32 bits per heavy atom. The van der Waals surface area contributed by atoms with Gasteiger partial charge >= 0.3 is 0 Å². The molecule has 1 saturated heterocycles. The molecule has 136 valence electrons. The lowest BCUT2D eigenvalue weighted by atomic mass is 10.1. The fourth-order valence-electron chi connectivity index (χ4n) is 2.82. The first kappa shape index (κ1) is 17.9. The summed E-state index contributed by atoms with van der Waals surface area (Å²) in [6, 6.07) is 0. The predicted octanol–water partition coefficient (Wildman–Crippen LogP) is 2.03. The average Bonchev–Trinajstić information content (AvgIpc) is 3.17. The average molecular weight is 363 g/mol. The van der Waals surface area contributed by atoms with Crippen molar-refractivity contribution in [1.29, 1.82) is 0 Å². The Morgan fingerprint density at radius 1 is 1.48 bits per heavy atom. The number of rotatable bonds is 4. The van der Waals surface area contributed by atoms with Crippen molar-refractivity contribution in [3.8, 4) is 0 Å².